The molecule has 0 saturated heterocycles. The van der Waals surface area contributed by atoms with E-state index in [9.17, 15) is 9.18 Å². The molecule has 4 nitrogen and oxygen atoms in total. The molecule has 0 aliphatic heterocycles. The zero-order chi connectivity index (χ0) is 13.7. The fourth-order valence-corrected chi connectivity index (χ4v) is 2.72. The molecule has 1 heterocycles. The summed E-state index contributed by atoms with van der Waals surface area (Å²) in [6, 6.07) is 1.47. The second-order valence-corrected chi connectivity index (χ2v) is 5.17. The summed E-state index contributed by atoms with van der Waals surface area (Å²) in [7, 11) is 1.89. The normalized spacial score (nSPS) is 18.0. The van der Waals surface area contributed by atoms with Crippen LogP contribution in [0.2, 0.25) is 0 Å². The molecule has 1 amide bonds. The maximum Gasteiger partial charge on any atom is 0.226 e. The Kier molecular flexibility index (Phi) is 4.47. The van der Waals surface area contributed by atoms with Crippen molar-refractivity contribution in [2.45, 2.75) is 44.1 Å². The Hall–Kier alpha value is -1.49. The van der Waals surface area contributed by atoms with Gasteiger partial charge in [-0.1, -0.05) is 19.3 Å². The van der Waals surface area contributed by atoms with Crippen LogP contribution in [0.3, 0.4) is 0 Å². The number of carbonyl (C=O) groups excluding carboxylic acids is 1. The van der Waals surface area contributed by atoms with Gasteiger partial charge in [-0.2, -0.15) is 0 Å². The van der Waals surface area contributed by atoms with E-state index in [1.54, 1.807) is 0 Å². The maximum atomic E-state index is 13.4. The molecule has 2 rings (SSSR count). The van der Waals surface area contributed by atoms with Crippen molar-refractivity contribution in [1.29, 1.82) is 0 Å². The number of hydrogen-bond donors (Lipinski definition) is 2. The molecule has 0 radical (unpaired) electrons. The highest BCUT2D eigenvalue weighted by Crippen LogP contribution is 2.31. The van der Waals surface area contributed by atoms with E-state index >= 15 is 0 Å². The third-order valence-electron chi connectivity index (χ3n) is 3.89. The van der Waals surface area contributed by atoms with Gasteiger partial charge in [-0.15, -0.1) is 0 Å². The van der Waals surface area contributed by atoms with E-state index in [0.29, 0.717) is 6.42 Å². The van der Waals surface area contributed by atoms with E-state index in [2.05, 4.69) is 15.6 Å². The summed E-state index contributed by atoms with van der Waals surface area (Å²) in [4.78, 5) is 15.7. The predicted molar refractivity (Wildman–Crippen MR) is 72.3 cm³/mol. The van der Waals surface area contributed by atoms with Crippen molar-refractivity contribution in [3.8, 4) is 0 Å². The molecule has 0 unspecified atom stereocenters. The monoisotopic (exact) mass is 265 g/mol. The van der Waals surface area contributed by atoms with Gasteiger partial charge in [0, 0.05) is 18.2 Å². The zero-order valence-electron chi connectivity index (χ0n) is 11.2. The fourth-order valence-electron chi connectivity index (χ4n) is 2.72. The van der Waals surface area contributed by atoms with Gasteiger partial charge in [0.05, 0.1) is 11.9 Å². The largest absolute Gasteiger partial charge is 0.323 e. The van der Waals surface area contributed by atoms with Crippen LogP contribution in [0.1, 0.15) is 38.5 Å². The van der Waals surface area contributed by atoms with E-state index < -0.39 is 5.82 Å². The summed E-state index contributed by atoms with van der Waals surface area (Å²) in [6.07, 6.45) is 8.44. The first kappa shape index (κ1) is 13.9. The van der Waals surface area contributed by atoms with Crippen molar-refractivity contribution in [3.63, 3.8) is 0 Å². The minimum atomic E-state index is -0.502. The zero-order valence-corrected chi connectivity index (χ0v) is 11.2. The third kappa shape index (κ3) is 3.50. The first-order chi connectivity index (χ1) is 9.15. The van der Waals surface area contributed by atoms with Crippen LogP contribution in [0.25, 0.3) is 0 Å². The number of anilines is 1. The molecule has 2 N–H and O–H groups in total. The van der Waals surface area contributed by atoms with Crippen LogP contribution < -0.4 is 10.6 Å². The molecule has 104 valence electrons. The molecule has 1 aromatic rings. The molecule has 0 bridgehead atoms. The molecule has 0 spiro atoms. The molecule has 0 atom stereocenters. The van der Waals surface area contributed by atoms with Crippen molar-refractivity contribution in [2.75, 3.05) is 12.4 Å². The molecule has 1 fully saturated rings. The van der Waals surface area contributed by atoms with E-state index in [1.807, 2.05) is 7.05 Å². The molecule has 1 aliphatic rings. The molecule has 5 heteroatoms. The number of pyridine rings is 1. The minimum Gasteiger partial charge on any atom is -0.323 e. The van der Waals surface area contributed by atoms with Gasteiger partial charge >= 0.3 is 0 Å². The third-order valence-corrected chi connectivity index (χ3v) is 3.89. The first-order valence-corrected chi connectivity index (χ1v) is 6.73. The van der Waals surface area contributed by atoms with Gasteiger partial charge in [0.15, 0.2) is 5.82 Å². The second-order valence-electron chi connectivity index (χ2n) is 5.17. The number of nitrogens with zero attached hydrogens (tertiary/aromatic N) is 1. The first-order valence-electron chi connectivity index (χ1n) is 6.73. The van der Waals surface area contributed by atoms with E-state index in [-0.39, 0.29) is 17.1 Å². The average molecular weight is 265 g/mol. The Morgan fingerprint density at radius 2 is 2.16 bits per heavy atom. The fraction of sp³-hybridized carbons (Fsp3) is 0.571. The van der Waals surface area contributed by atoms with Gasteiger partial charge in [0.2, 0.25) is 5.91 Å². The molecule has 1 saturated carbocycles. The molecular weight excluding hydrogens is 245 g/mol. The van der Waals surface area contributed by atoms with Gasteiger partial charge in [-0.3, -0.25) is 9.78 Å². The number of rotatable bonds is 4. The SMILES string of the molecule is CNC1(CC(=O)Nc2ccncc2F)CCCCC1. The van der Waals surface area contributed by atoms with E-state index in [1.165, 1.54) is 18.7 Å². The van der Waals surface area contributed by atoms with Crippen LogP contribution in [-0.2, 0) is 4.79 Å². The number of carbonyl (C=O) groups is 1. The Labute approximate surface area is 112 Å². The van der Waals surface area contributed by atoms with Crippen LogP contribution in [0.5, 0.6) is 0 Å². The van der Waals surface area contributed by atoms with Gasteiger partial charge < -0.3 is 10.6 Å². The van der Waals surface area contributed by atoms with Gasteiger partial charge in [0.1, 0.15) is 0 Å². The Morgan fingerprint density at radius 1 is 1.42 bits per heavy atom. The summed E-state index contributed by atoms with van der Waals surface area (Å²) in [5.41, 5.74) is 0.0633. The highest BCUT2D eigenvalue weighted by Gasteiger charge is 2.32. The van der Waals surface area contributed by atoms with E-state index in [0.717, 1.165) is 31.9 Å². The highest BCUT2D eigenvalue weighted by atomic mass is 19.1. The lowest BCUT2D eigenvalue weighted by atomic mass is 9.79. The number of halogens is 1. The van der Waals surface area contributed by atoms with Crippen molar-refractivity contribution in [2.24, 2.45) is 0 Å². The van der Waals surface area contributed by atoms with Crippen LogP contribution in [0.4, 0.5) is 10.1 Å². The quantitative estimate of drug-likeness (QED) is 0.879. The summed E-state index contributed by atoms with van der Waals surface area (Å²) in [6.45, 7) is 0. The number of amides is 1. The minimum absolute atomic E-state index is 0.133. The summed E-state index contributed by atoms with van der Waals surface area (Å²) in [5, 5.41) is 5.90. The molecule has 0 aromatic carbocycles. The van der Waals surface area contributed by atoms with E-state index in [4.69, 9.17) is 0 Å². The Balaban J connectivity index is 1.98. The smallest absolute Gasteiger partial charge is 0.226 e. The van der Waals surface area contributed by atoms with Crippen molar-refractivity contribution in [3.05, 3.63) is 24.3 Å². The van der Waals surface area contributed by atoms with Gasteiger partial charge in [-0.05, 0) is 26.0 Å². The topological polar surface area (TPSA) is 54.0 Å². The summed E-state index contributed by atoms with van der Waals surface area (Å²) >= 11 is 0. The summed E-state index contributed by atoms with van der Waals surface area (Å²) < 4.78 is 13.4. The second kappa shape index (κ2) is 6.10. The number of aromatic nitrogens is 1. The lowest BCUT2D eigenvalue weighted by Crippen LogP contribution is -2.47. The number of nitrogens with one attached hydrogen (secondary N) is 2. The standard InChI is InChI=1S/C14H20FN3O/c1-16-14(6-3-2-4-7-14)9-13(19)18-12-5-8-17-10-11(12)15/h5,8,10,16H,2-4,6-7,9H2,1H3,(H,17,18,19). The highest BCUT2D eigenvalue weighted by molar-refractivity contribution is 5.91. The van der Waals surface area contributed by atoms with Crippen molar-refractivity contribution in [1.82, 2.24) is 10.3 Å². The van der Waals surface area contributed by atoms with Crippen LogP contribution in [-0.4, -0.2) is 23.5 Å². The van der Waals surface area contributed by atoms with Crippen LogP contribution in [0.15, 0.2) is 18.5 Å². The summed E-state index contributed by atoms with van der Waals surface area (Å²) in [5.74, 6) is -0.653. The lowest BCUT2D eigenvalue weighted by molar-refractivity contribution is -0.118. The molecular formula is C14H20FN3O. The molecule has 19 heavy (non-hydrogen) atoms. The van der Waals surface area contributed by atoms with Crippen LogP contribution >= 0.6 is 0 Å². The van der Waals surface area contributed by atoms with Gasteiger partial charge in [-0.25, -0.2) is 4.39 Å². The molecule has 1 aromatic heterocycles. The number of hydrogen-bond acceptors (Lipinski definition) is 3. The maximum absolute atomic E-state index is 13.4. The Morgan fingerprint density at radius 3 is 2.79 bits per heavy atom. The molecule has 1 aliphatic carbocycles. The lowest BCUT2D eigenvalue weighted by Gasteiger charge is -2.36. The van der Waals surface area contributed by atoms with Crippen molar-refractivity contribution < 1.29 is 9.18 Å². The predicted octanol–water partition coefficient (Wildman–Crippen LogP) is 2.47. The average Bonchev–Trinajstić information content (AvgIpc) is 2.42. The van der Waals surface area contributed by atoms with Gasteiger partial charge in [0.25, 0.3) is 0 Å². The van der Waals surface area contributed by atoms with Crippen LogP contribution in [0, 0.1) is 5.82 Å². The Bertz CT molecular complexity index is 444. The van der Waals surface area contributed by atoms with Crippen molar-refractivity contribution >= 4 is 11.6 Å².